The monoisotopic (exact) mass is 323 g/mol. The number of thiophene rings is 1. The Morgan fingerprint density at radius 3 is 2.81 bits per heavy atom. The maximum atomic E-state index is 6.32. The number of fused-ring (bicyclic) bond motifs is 1. The van der Waals surface area contributed by atoms with Gasteiger partial charge in [-0.25, -0.2) is 9.97 Å². The van der Waals surface area contributed by atoms with Crippen molar-refractivity contribution in [3.05, 3.63) is 17.3 Å². The first-order valence-corrected chi connectivity index (χ1v) is 9.08. The van der Waals surface area contributed by atoms with Crippen molar-refractivity contribution in [3.8, 4) is 0 Å². The molecular weight excluding hydrogens is 302 g/mol. The number of anilines is 1. The molecular formula is C16H22ClN3S. The van der Waals surface area contributed by atoms with Crippen molar-refractivity contribution in [1.82, 2.24) is 9.97 Å². The SMILES string of the molecule is CCc1cc2c(NC3(CCl)CCC(C)CC3)ncnc2s1. The molecule has 1 fully saturated rings. The second kappa shape index (κ2) is 6.09. The van der Waals surface area contributed by atoms with Gasteiger partial charge in [0.05, 0.1) is 10.9 Å². The highest BCUT2D eigenvalue weighted by atomic mass is 35.5. The molecule has 1 saturated carbocycles. The third kappa shape index (κ3) is 3.02. The molecule has 5 heteroatoms. The van der Waals surface area contributed by atoms with Gasteiger partial charge >= 0.3 is 0 Å². The zero-order valence-electron chi connectivity index (χ0n) is 12.7. The van der Waals surface area contributed by atoms with Crippen LogP contribution in [0.1, 0.15) is 44.4 Å². The second-order valence-electron chi connectivity index (χ2n) is 6.23. The van der Waals surface area contributed by atoms with Crippen LogP contribution >= 0.6 is 22.9 Å². The third-order valence-electron chi connectivity index (χ3n) is 4.60. The summed E-state index contributed by atoms with van der Waals surface area (Å²) < 4.78 is 0. The molecule has 0 unspecified atom stereocenters. The van der Waals surface area contributed by atoms with E-state index in [0.717, 1.165) is 41.2 Å². The summed E-state index contributed by atoms with van der Waals surface area (Å²) in [5.74, 6) is 2.39. The van der Waals surface area contributed by atoms with Crippen LogP contribution in [0.4, 0.5) is 5.82 Å². The molecule has 1 aliphatic carbocycles. The van der Waals surface area contributed by atoms with Gasteiger partial charge in [0.25, 0.3) is 0 Å². The molecule has 0 amide bonds. The first kappa shape index (κ1) is 15.0. The van der Waals surface area contributed by atoms with Crippen LogP contribution in [0.3, 0.4) is 0 Å². The predicted molar refractivity (Wildman–Crippen MR) is 91.5 cm³/mol. The van der Waals surface area contributed by atoms with E-state index in [2.05, 4.69) is 35.2 Å². The molecule has 0 spiro atoms. The van der Waals surface area contributed by atoms with Gasteiger partial charge in [-0.1, -0.05) is 13.8 Å². The highest BCUT2D eigenvalue weighted by Crippen LogP contribution is 2.37. The molecule has 1 N–H and O–H groups in total. The third-order valence-corrected chi connectivity index (χ3v) is 6.30. The highest BCUT2D eigenvalue weighted by molar-refractivity contribution is 7.18. The summed E-state index contributed by atoms with van der Waals surface area (Å²) in [5, 5.41) is 4.81. The van der Waals surface area contributed by atoms with Gasteiger partial charge in [0.1, 0.15) is 17.0 Å². The van der Waals surface area contributed by atoms with Gasteiger partial charge in [-0.3, -0.25) is 0 Å². The lowest BCUT2D eigenvalue weighted by Gasteiger charge is -2.39. The summed E-state index contributed by atoms with van der Waals surface area (Å²) in [7, 11) is 0. The van der Waals surface area contributed by atoms with Crippen molar-refractivity contribution in [2.24, 2.45) is 5.92 Å². The number of nitrogens with zero attached hydrogens (tertiary/aromatic N) is 2. The Kier molecular flexibility index (Phi) is 4.36. The maximum absolute atomic E-state index is 6.32. The molecule has 0 radical (unpaired) electrons. The van der Waals surface area contributed by atoms with E-state index in [9.17, 15) is 0 Å². The summed E-state index contributed by atoms with van der Waals surface area (Å²) in [6.45, 7) is 4.50. The lowest BCUT2D eigenvalue weighted by atomic mass is 9.78. The Morgan fingerprint density at radius 2 is 2.14 bits per heavy atom. The van der Waals surface area contributed by atoms with Crippen molar-refractivity contribution in [3.63, 3.8) is 0 Å². The molecule has 0 aliphatic heterocycles. The molecule has 3 nitrogen and oxygen atoms in total. The van der Waals surface area contributed by atoms with E-state index in [1.165, 1.54) is 17.7 Å². The molecule has 3 rings (SSSR count). The van der Waals surface area contributed by atoms with Crippen LogP contribution in [0.15, 0.2) is 12.4 Å². The summed E-state index contributed by atoms with van der Waals surface area (Å²) in [5.41, 5.74) is -0.0103. The van der Waals surface area contributed by atoms with Gasteiger partial charge in [0.15, 0.2) is 0 Å². The smallest absolute Gasteiger partial charge is 0.138 e. The fraction of sp³-hybridized carbons (Fsp3) is 0.625. The number of aryl methyl sites for hydroxylation is 1. The van der Waals surface area contributed by atoms with Crippen LogP contribution in [0.25, 0.3) is 10.2 Å². The highest BCUT2D eigenvalue weighted by Gasteiger charge is 2.34. The number of nitrogens with one attached hydrogen (secondary N) is 1. The van der Waals surface area contributed by atoms with Crippen molar-refractivity contribution in [2.75, 3.05) is 11.2 Å². The fourth-order valence-electron chi connectivity index (χ4n) is 3.04. The molecule has 21 heavy (non-hydrogen) atoms. The largest absolute Gasteiger partial charge is 0.363 e. The number of hydrogen-bond donors (Lipinski definition) is 1. The molecule has 0 atom stereocenters. The van der Waals surface area contributed by atoms with E-state index >= 15 is 0 Å². The zero-order valence-corrected chi connectivity index (χ0v) is 14.2. The minimum Gasteiger partial charge on any atom is -0.363 e. The van der Waals surface area contributed by atoms with Gasteiger partial charge in [0.2, 0.25) is 0 Å². The Balaban J connectivity index is 1.91. The van der Waals surface area contributed by atoms with E-state index in [0.29, 0.717) is 5.88 Å². The van der Waals surface area contributed by atoms with Crippen LogP contribution in [-0.2, 0) is 6.42 Å². The summed E-state index contributed by atoms with van der Waals surface area (Å²) in [4.78, 5) is 11.3. The van der Waals surface area contributed by atoms with Crippen LogP contribution in [0.5, 0.6) is 0 Å². The van der Waals surface area contributed by atoms with Crippen LogP contribution < -0.4 is 5.32 Å². The standard InChI is InChI=1S/C16H22ClN3S/c1-3-12-8-13-14(18-10-19-15(13)21-12)20-16(9-17)6-4-11(2)5-7-16/h8,10-11H,3-7,9H2,1-2H3,(H,18,19,20). The van der Waals surface area contributed by atoms with Gasteiger partial charge in [0, 0.05) is 10.8 Å². The van der Waals surface area contributed by atoms with E-state index in [1.54, 1.807) is 17.7 Å². The average molecular weight is 324 g/mol. The van der Waals surface area contributed by atoms with E-state index < -0.39 is 0 Å². The number of hydrogen-bond acceptors (Lipinski definition) is 4. The fourth-order valence-corrected chi connectivity index (χ4v) is 4.31. The molecule has 2 aromatic rings. The number of rotatable bonds is 4. The first-order valence-electron chi connectivity index (χ1n) is 7.73. The molecule has 2 heterocycles. The Bertz CT molecular complexity index is 617. The normalized spacial score (nSPS) is 26.1. The van der Waals surface area contributed by atoms with Crippen molar-refractivity contribution < 1.29 is 0 Å². The van der Waals surface area contributed by atoms with Gasteiger partial charge in [-0.15, -0.1) is 22.9 Å². The summed E-state index contributed by atoms with van der Waals surface area (Å²) >= 11 is 8.07. The maximum Gasteiger partial charge on any atom is 0.138 e. The minimum atomic E-state index is -0.0103. The topological polar surface area (TPSA) is 37.8 Å². The minimum absolute atomic E-state index is 0.0103. The Morgan fingerprint density at radius 1 is 1.38 bits per heavy atom. The average Bonchev–Trinajstić information content (AvgIpc) is 2.94. The van der Waals surface area contributed by atoms with Gasteiger partial charge in [-0.05, 0) is 44.1 Å². The number of aromatic nitrogens is 2. The molecule has 0 bridgehead atoms. The quantitative estimate of drug-likeness (QED) is 0.817. The molecule has 114 valence electrons. The van der Waals surface area contributed by atoms with Crippen molar-refractivity contribution in [1.29, 1.82) is 0 Å². The van der Waals surface area contributed by atoms with Crippen LogP contribution in [0, 0.1) is 5.92 Å². The molecule has 0 aromatic carbocycles. The number of alkyl halides is 1. The Hall–Kier alpha value is -0.870. The Labute approximate surface area is 135 Å². The first-order chi connectivity index (χ1) is 10.2. The predicted octanol–water partition coefficient (Wildman–Crippen LogP) is 4.85. The lowest BCUT2D eigenvalue weighted by Crippen LogP contribution is -2.43. The van der Waals surface area contributed by atoms with Gasteiger partial charge in [-0.2, -0.15) is 0 Å². The summed E-state index contributed by atoms with van der Waals surface area (Å²) in [6, 6.07) is 2.22. The lowest BCUT2D eigenvalue weighted by molar-refractivity contribution is 0.286. The molecule has 2 aromatic heterocycles. The van der Waals surface area contributed by atoms with Crippen LogP contribution in [-0.4, -0.2) is 21.4 Å². The van der Waals surface area contributed by atoms with Crippen LogP contribution in [0.2, 0.25) is 0 Å². The van der Waals surface area contributed by atoms with E-state index in [1.807, 2.05) is 0 Å². The van der Waals surface area contributed by atoms with E-state index in [-0.39, 0.29) is 5.54 Å². The van der Waals surface area contributed by atoms with Crippen molar-refractivity contribution >= 4 is 39.0 Å². The summed E-state index contributed by atoms with van der Waals surface area (Å²) in [6.07, 6.45) is 7.41. The molecule has 0 saturated heterocycles. The second-order valence-corrected chi connectivity index (χ2v) is 7.61. The number of halogens is 1. The van der Waals surface area contributed by atoms with E-state index in [4.69, 9.17) is 11.6 Å². The van der Waals surface area contributed by atoms with Crippen molar-refractivity contribution in [2.45, 2.75) is 51.5 Å². The zero-order chi connectivity index (χ0) is 14.9. The molecule has 1 aliphatic rings. The van der Waals surface area contributed by atoms with Gasteiger partial charge < -0.3 is 5.32 Å².